The fourth-order valence-electron chi connectivity index (χ4n) is 1.06. The van der Waals surface area contributed by atoms with E-state index in [9.17, 15) is 9.90 Å². The molecule has 1 aromatic carbocycles. The van der Waals surface area contributed by atoms with Crippen molar-refractivity contribution in [3.05, 3.63) is 23.3 Å². The Morgan fingerprint density at radius 2 is 2.08 bits per heavy atom. The SMILES string of the molecule is CSc1cc(C(=O)O)c(O)cc1C. The number of aromatic carboxylic acids is 1. The van der Waals surface area contributed by atoms with Crippen molar-refractivity contribution in [1.82, 2.24) is 0 Å². The van der Waals surface area contributed by atoms with E-state index < -0.39 is 5.97 Å². The minimum Gasteiger partial charge on any atom is -0.507 e. The Balaban J connectivity index is 3.30. The second kappa shape index (κ2) is 3.70. The van der Waals surface area contributed by atoms with Crippen LogP contribution in [-0.2, 0) is 0 Å². The predicted octanol–water partition coefficient (Wildman–Crippen LogP) is 2.12. The van der Waals surface area contributed by atoms with Crippen molar-refractivity contribution >= 4 is 17.7 Å². The van der Waals surface area contributed by atoms with Crippen molar-refractivity contribution in [2.45, 2.75) is 11.8 Å². The summed E-state index contributed by atoms with van der Waals surface area (Å²) in [6.45, 7) is 1.83. The first-order valence-corrected chi connectivity index (χ1v) is 4.89. The van der Waals surface area contributed by atoms with Crippen LogP contribution >= 0.6 is 11.8 Å². The van der Waals surface area contributed by atoms with Gasteiger partial charge in [-0.15, -0.1) is 11.8 Å². The third-order valence-corrected chi connectivity index (χ3v) is 2.62. The fourth-order valence-corrected chi connectivity index (χ4v) is 1.68. The largest absolute Gasteiger partial charge is 0.507 e. The van der Waals surface area contributed by atoms with E-state index in [-0.39, 0.29) is 11.3 Å². The van der Waals surface area contributed by atoms with E-state index in [2.05, 4.69) is 0 Å². The van der Waals surface area contributed by atoms with Crippen LogP contribution in [0, 0.1) is 6.92 Å². The third-order valence-electron chi connectivity index (χ3n) is 1.74. The van der Waals surface area contributed by atoms with Gasteiger partial charge in [0.15, 0.2) is 0 Å². The Kier molecular flexibility index (Phi) is 2.83. The average molecular weight is 198 g/mol. The molecule has 0 fully saturated rings. The molecule has 1 rings (SSSR count). The van der Waals surface area contributed by atoms with Crippen molar-refractivity contribution in [2.75, 3.05) is 6.26 Å². The summed E-state index contributed by atoms with van der Waals surface area (Å²) in [5, 5.41) is 18.0. The van der Waals surface area contributed by atoms with Crippen LogP contribution in [0.5, 0.6) is 5.75 Å². The second-order valence-electron chi connectivity index (χ2n) is 2.64. The summed E-state index contributed by atoms with van der Waals surface area (Å²) in [6.07, 6.45) is 1.87. The van der Waals surface area contributed by atoms with E-state index in [4.69, 9.17) is 5.11 Å². The number of hydrogen-bond acceptors (Lipinski definition) is 3. The quantitative estimate of drug-likeness (QED) is 0.715. The molecule has 0 radical (unpaired) electrons. The van der Waals surface area contributed by atoms with Gasteiger partial charge < -0.3 is 10.2 Å². The highest BCUT2D eigenvalue weighted by atomic mass is 32.2. The Morgan fingerprint density at radius 3 is 2.54 bits per heavy atom. The minimum atomic E-state index is -1.10. The van der Waals surface area contributed by atoms with Gasteiger partial charge in [-0.3, -0.25) is 0 Å². The maximum absolute atomic E-state index is 10.6. The van der Waals surface area contributed by atoms with Crippen LogP contribution in [-0.4, -0.2) is 22.4 Å². The number of rotatable bonds is 2. The van der Waals surface area contributed by atoms with Crippen molar-refractivity contribution in [2.24, 2.45) is 0 Å². The summed E-state index contributed by atoms with van der Waals surface area (Å²) in [7, 11) is 0. The Bertz CT molecular complexity index is 347. The van der Waals surface area contributed by atoms with Gasteiger partial charge in [0.25, 0.3) is 0 Å². The molecule has 70 valence electrons. The van der Waals surface area contributed by atoms with Gasteiger partial charge in [0.1, 0.15) is 11.3 Å². The first-order chi connectivity index (χ1) is 6.06. The highest BCUT2D eigenvalue weighted by Crippen LogP contribution is 2.27. The topological polar surface area (TPSA) is 57.5 Å². The maximum Gasteiger partial charge on any atom is 0.339 e. The molecule has 0 atom stereocenters. The van der Waals surface area contributed by atoms with Crippen molar-refractivity contribution in [3.63, 3.8) is 0 Å². The van der Waals surface area contributed by atoms with Crippen LogP contribution in [0.3, 0.4) is 0 Å². The van der Waals surface area contributed by atoms with Gasteiger partial charge in [-0.2, -0.15) is 0 Å². The summed E-state index contributed by atoms with van der Waals surface area (Å²) in [6, 6.07) is 2.95. The monoisotopic (exact) mass is 198 g/mol. The van der Waals surface area contributed by atoms with E-state index in [1.807, 2.05) is 13.2 Å². The van der Waals surface area contributed by atoms with Crippen LogP contribution in [0.1, 0.15) is 15.9 Å². The molecule has 0 amide bonds. The number of hydrogen-bond donors (Lipinski definition) is 2. The molecule has 0 aromatic heterocycles. The van der Waals surface area contributed by atoms with Crippen molar-refractivity contribution in [1.29, 1.82) is 0 Å². The fraction of sp³-hybridized carbons (Fsp3) is 0.222. The number of benzene rings is 1. The molecule has 0 aliphatic carbocycles. The summed E-state index contributed by atoms with van der Waals surface area (Å²) in [5.74, 6) is -1.28. The summed E-state index contributed by atoms with van der Waals surface area (Å²) < 4.78 is 0. The Labute approximate surface area is 80.4 Å². The standard InChI is InChI=1S/C9H10O3S/c1-5-3-7(10)6(9(11)12)4-8(5)13-2/h3-4,10H,1-2H3,(H,11,12). The predicted molar refractivity (Wildman–Crippen MR) is 51.6 cm³/mol. The molecule has 0 spiro atoms. The van der Waals surface area contributed by atoms with E-state index in [1.165, 1.54) is 23.9 Å². The smallest absolute Gasteiger partial charge is 0.339 e. The van der Waals surface area contributed by atoms with E-state index >= 15 is 0 Å². The van der Waals surface area contributed by atoms with E-state index in [0.717, 1.165) is 10.5 Å². The van der Waals surface area contributed by atoms with Crippen LogP contribution in [0.2, 0.25) is 0 Å². The molecule has 13 heavy (non-hydrogen) atoms. The average Bonchev–Trinajstić information content (AvgIpc) is 2.03. The first-order valence-electron chi connectivity index (χ1n) is 3.67. The zero-order chi connectivity index (χ0) is 10.0. The van der Waals surface area contributed by atoms with Gasteiger partial charge in [-0.25, -0.2) is 4.79 Å². The van der Waals surface area contributed by atoms with Crippen LogP contribution in [0.15, 0.2) is 17.0 Å². The number of thioether (sulfide) groups is 1. The normalized spacial score (nSPS) is 10.0. The third kappa shape index (κ3) is 1.95. The van der Waals surface area contributed by atoms with Gasteiger partial charge in [-0.1, -0.05) is 0 Å². The Hall–Kier alpha value is -1.16. The van der Waals surface area contributed by atoms with Crippen molar-refractivity contribution < 1.29 is 15.0 Å². The van der Waals surface area contributed by atoms with E-state index in [1.54, 1.807) is 0 Å². The summed E-state index contributed by atoms with van der Waals surface area (Å²) in [5.41, 5.74) is 0.838. The van der Waals surface area contributed by atoms with Gasteiger partial charge >= 0.3 is 5.97 Å². The van der Waals surface area contributed by atoms with Gasteiger partial charge in [0.05, 0.1) is 0 Å². The lowest BCUT2D eigenvalue weighted by molar-refractivity contribution is 0.0693. The van der Waals surface area contributed by atoms with Crippen molar-refractivity contribution in [3.8, 4) is 5.75 Å². The zero-order valence-corrected chi connectivity index (χ0v) is 8.18. The zero-order valence-electron chi connectivity index (χ0n) is 7.37. The minimum absolute atomic E-state index is 0.0463. The molecule has 0 aliphatic rings. The van der Waals surface area contributed by atoms with Crippen LogP contribution in [0.25, 0.3) is 0 Å². The molecular weight excluding hydrogens is 188 g/mol. The highest BCUT2D eigenvalue weighted by Gasteiger charge is 2.11. The molecule has 0 aliphatic heterocycles. The molecule has 3 nitrogen and oxygen atoms in total. The number of carboxylic acids is 1. The lowest BCUT2D eigenvalue weighted by Crippen LogP contribution is -1.97. The number of phenols is 1. The number of aryl methyl sites for hydroxylation is 1. The lowest BCUT2D eigenvalue weighted by Gasteiger charge is -2.05. The first kappa shape index (κ1) is 9.92. The summed E-state index contributed by atoms with van der Waals surface area (Å²) >= 11 is 1.46. The van der Waals surface area contributed by atoms with E-state index in [0.29, 0.717) is 0 Å². The molecule has 4 heteroatoms. The van der Waals surface area contributed by atoms with Gasteiger partial charge in [0.2, 0.25) is 0 Å². The summed E-state index contributed by atoms with van der Waals surface area (Å²) in [4.78, 5) is 11.5. The number of carboxylic acid groups (broad SMARTS) is 1. The van der Waals surface area contributed by atoms with Gasteiger partial charge in [-0.05, 0) is 30.9 Å². The molecule has 0 saturated heterocycles. The second-order valence-corrected chi connectivity index (χ2v) is 3.49. The molecule has 0 unspecified atom stereocenters. The molecule has 0 heterocycles. The molecule has 2 N–H and O–H groups in total. The lowest BCUT2D eigenvalue weighted by atomic mass is 10.1. The number of aromatic hydroxyl groups is 1. The highest BCUT2D eigenvalue weighted by molar-refractivity contribution is 7.98. The molecular formula is C9H10O3S. The molecule has 0 bridgehead atoms. The van der Waals surface area contributed by atoms with Crippen LogP contribution in [0.4, 0.5) is 0 Å². The Morgan fingerprint density at radius 1 is 1.46 bits per heavy atom. The molecule has 1 aromatic rings. The van der Waals surface area contributed by atoms with Crippen LogP contribution < -0.4 is 0 Å². The maximum atomic E-state index is 10.6. The van der Waals surface area contributed by atoms with Gasteiger partial charge in [0, 0.05) is 4.90 Å². The number of carbonyl (C=O) groups is 1. The molecule has 0 saturated carbocycles.